The third-order valence-electron chi connectivity index (χ3n) is 3.30. The Kier molecular flexibility index (Phi) is 4.64. The van der Waals surface area contributed by atoms with E-state index in [9.17, 15) is 10.1 Å². The molecule has 21 heavy (non-hydrogen) atoms. The smallest absolute Gasteiger partial charge is 0.269 e. The summed E-state index contributed by atoms with van der Waals surface area (Å²) in [6.07, 6.45) is 0. The minimum absolute atomic E-state index is 0.0847. The summed E-state index contributed by atoms with van der Waals surface area (Å²) in [6, 6.07) is 16.1. The van der Waals surface area contributed by atoms with Crippen molar-refractivity contribution in [2.75, 3.05) is 0 Å². The predicted octanol–water partition coefficient (Wildman–Crippen LogP) is 3.32. The van der Waals surface area contributed by atoms with Gasteiger partial charge in [0.05, 0.1) is 16.6 Å². The van der Waals surface area contributed by atoms with Crippen molar-refractivity contribution < 1.29 is 4.92 Å². The van der Waals surface area contributed by atoms with E-state index in [-0.39, 0.29) is 11.7 Å². The summed E-state index contributed by atoms with van der Waals surface area (Å²) in [5, 5.41) is 22.7. The molecule has 0 saturated heterocycles. The second kappa shape index (κ2) is 6.64. The van der Waals surface area contributed by atoms with Gasteiger partial charge in [0, 0.05) is 24.7 Å². The van der Waals surface area contributed by atoms with Crippen LogP contribution < -0.4 is 5.32 Å². The summed E-state index contributed by atoms with van der Waals surface area (Å²) in [6.45, 7) is 2.68. The molecule has 0 fully saturated rings. The van der Waals surface area contributed by atoms with Crippen LogP contribution >= 0.6 is 0 Å². The van der Waals surface area contributed by atoms with Gasteiger partial charge in [0.25, 0.3) is 5.69 Å². The largest absolute Gasteiger partial charge is 0.306 e. The lowest BCUT2D eigenvalue weighted by molar-refractivity contribution is -0.384. The Morgan fingerprint density at radius 2 is 1.81 bits per heavy atom. The van der Waals surface area contributed by atoms with Crippen molar-refractivity contribution in [3.63, 3.8) is 0 Å². The SMILES string of the molecule is CC(NCc1ccc(C#N)cc1)c1ccc([N+](=O)[O-])cc1. The van der Waals surface area contributed by atoms with E-state index in [2.05, 4.69) is 11.4 Å². The minimum atomic E-state index is -0.404. The highest BCUT2D eigenvalue weighted by molar-refractivity contribution is 5.34. The van der Waals surface area contributed by atoms with Crippen molar-refractivity contribution in [2.24, 2.45) is 0 Å². The van der Waals surface area contributed by atoms with Crippen LogP contribution in [0.1, 0.15) is 29.7 Å². The van der Waals surface area contributed by atoms with Crippen LogP contribution in [0.2, 0.25) is 0 Å². The van der Waals surface area contributed by atoms with E-state index in [4.69, 9.17) is 5.26 Å². The number of hydrogen-bond acceptors (Lipinski definition) is 4. The summed E-state index contributed by atoms with van der Waals surface area (Å²) in [5.74, 6) is 0. The van der Waals surface area contributed by atoms with Crippen LogP contribution in [0.15, 0.2) is 48.5 Å². The molecule has 5 nitrogen and oxygen atoms in total. The minimum Gasteiger partial charge on any atom is -0.306 e. The third-order valence-corrected chi connectivity index (χ3v) is 3.30. The van der Waals surface area contributed by atoms with Gasteiger partial charge in [-0.25, -0.2) is 0 Å². The monoisotopic (exact) mass is 281 g/mol. The van der Waals surface area contributed by atoms with E-state index in [0.717, 1.165) is 11.1 Å². The molecule has 0 aliphatic heterocycles. The molecule has 0 aliphatic rings. The van der Waals surface area contributed by atoms with Gasteiger partial charge in [-0.05, 0) is 30.2 Å². The van der Waals surface area contributed by atoms with E-state index >= 15 is 0 Å². The maximum Gasteiger partial charge on any atom is 0.269 e. The molecule has 0 spiro atoms. The van der Waals surface area contributed by atoms with Crippen LogP contribution in [0, 0.1) is 21.4 Å². The number of hydrogen-bond donors (Lipinski definition) is 1. The summed E-state index contributed by atoms with van der Waals surface area (Å²) in [5.41, 5.74) is 2.82. The Bertz CT molecular complexity index is 657. The van der Waals surface area contributed by atoms with E-state index in [1.165, 1.54) is 12.1 Å². The number of nitro benzene ring substituents is 1. The van der Waals surface area contributed by atoms with Crippen molar-refractivity contribution in [2.45, 2.75) is 19.5 Å². The van der Waals surface area contributed by atoms with Gasteiger partial charge in [0.2, 0.25) is 0 Å². The lowest BCUT2D eigenvalue weighted by Crippen LogP contribution is -2.18. The van der Waals surface area contributed by atoms with Crippen LogP contribution in [-0.2, 0) is 6.54 Å². The van der Waals surface area contributed by atoms with E-state index in [1.807, 2.05) is 19.1 Å². The molecule has 1 N–H and O–H groups in total. The summed E-state index contributed by atoms with van der Waals surface area (Å²) in [7, 11) is 0. The van der Waals surface area contributed by atoms with Gasteiger partial charge in [-0.15, -0.1) is 0 Å². The highest BCUT2D eigenvalue weighted by atomic mass is 16.6. The van der Waals surface area contributed by atoms with Gasteiger partial charge < -0.3 is 5.32 Å². The average molecular weight is 281 g/mol. The molecule has 2 aromatic rings. The van der Waals surface area contributed by atoms with Gasteiger partial charge in [-0.2, -0.15) is 5.26 Å². The Labute approximate surface area is 123 Å². The van der Waals surface area contributed by atoms with Crippen molar-refractivity contribution in [3.05, 3.63) is 75.3 Å². The Morgan fingerprint density at radius 3 is 2.33 bits per heavy atom. The number of nitrogens with one attached hydrogen (secondary N) is 1. The Hall–Kier alpha value is -2.71. The topological polar surface area (TPSA) is 79.0 Å². The van der Waals surface area contributed by atoms with Crippen LogP contribution in [-0.4, -0.2) is 4.92 Å². The quantitative estimate of drug-likeness (QED) is 0.673. The first-order valence-electron chi connectivity index (χ1n) is 6.57. The molecule has 5 heteroatoms. The van der Waals surface area contributed by atoms with Gasteiger partial charge in [-0.3, -0.25) is 10.1 Å². The maximum atomic E-state index is 10.6. The van der Waals surface area contributed by atoms with E-state index in [0.29, 0.717) is 12.1 Å². The fourth-order valence-corrected chi connectivity index (χ4v) is 1.97. The zero-order chi connectivity index (χ0) is 15.2. The number of nitro groups is 1. The third kappa shape index (κ3) is 3.88. The Morgan fingerprint density at radius 1 is 1.19 bits per heavy atom. The first kappa shape index (κ1) is 14.7. The molecule has 0 amide bonds. The number of benzene rings is 2. The molecule has 2 rings (SSSR count). The lowest BCUT2D eigenvalue weighted by Gasteiger charge is -2.14. The number of nitrogens with zero attached hydrogens (tertiary/aromatic N) is 2. The molecule has 0 aliphatic carbocycles. The number of rotatable bonds is 5. The Balaban J connectivity index is 1.96. The van der Waals surface area contributed by atoms with Crippen LogP contribution in [0.25, 0.3) is 0 Å². The molecule has 0 bridgehead atoms. The van der Waals surface area contributed by atoms with Crippen LogP contribution in [0.5, 0.6) is 0 Å². The van der Waals surface area contributed by atoms with Gasteiger partial charge in [0.15, 0.2) is 0 Å². The molecule has 0 aromatic heterocycles. The van der Waals surface area contributed by atoms with Crippen LogP contribution in [0.3, 0.4) is 0 Å². The van der Waals surface area contributed by atoms with Crippen molar-refractivity contribution in [1.82, 2.24) is 5.32 Å². The fraction of sp³-hybridized carbons (Fsp3) is 0.188. The van der Waals surface area contributed by atoms with Gasteiger partial charge in [0.1, 0.15) is 0 Å². The van der Waals surface area contributed by atoms with Crippen molar-refractivity contribution in [3.8, 4) is 6.07 Å². The highest BCUT2D eigenvalue weighted by Crippen LogP contribution is 2.18. The van der Waals surface area contributed by atoms with Crippen LogP contribution in [0.4, 0.5) is 5.69 Å². The second-order valence-electron chi connectivity index (χ2n) is 4.76. The predicted molar refractivity (Wildman–Crippen MR) is 79.5 cm³/mol. The molecule has 1 atom stereocenters. The molecule has 1 unspecified atom stereocenters. The zero-order valence-electron chi connectivity index (χ0n) is 11.6. The number of non-ortho nitro benzene ring substituents is 1. The first-order valence-corrected chi connectivity index (χ1v) is 6.57. The van der Waals surface area contributed by atoms with Crippen molar-refractivity contribution >= 4 is 5.69 Å². The molecule has 2 aromatic carbocycles. The standard InChI is InChI=1S/C16H15N3O2/c1-12(15-6-8-16(9-7-15)19(20)21)18-11-14-4-2-13(10-17)3-5-14/h2-9,12,18H,11H2,1H3. The average Bonchev–Trinajstić information content (AvgIpc) is 2.53. The van der Waals surface area contributed by atoms with Gasteiger partial charge in [-0.1, -0.05) is 24.3 Å². The fourth-order valence-electron chi connectivity index (χ4n) is 1.97. The molecular formula is C16H15N3O2. The molecule has 0 radical (unpaired) electrons. The summed E-state index contributed by atoms with van der Waals surface area (Å²) < 4.78 is 0. The molecule has 106 valence electrons. The summed E-state index contributed by atoms with van der Waals surface area (Å²) in [4.78, 5) is 10.2. The van der Waals surface area contributed by atoms with Crippen molar-refractivity contribution in [1.29, 1.82) is 5.26 Å². The van der Waals surface area contributed by atoms with E-state index < -0.39 is 4.92 Å². The van der Waals surface area contributed by atoms with E-state index in [1.54, 1.807) is 24.3 Å². The summed E-state index contributed by atoms with van der Waals surface area (Å²) >= 11 is 0. The lowest BCUT2D eigenvalue weighted by atomic mass is 10.1. The second-order valence-corrected chi connectivity index (χ2v) is 4.76. The molecule has 0 saturated carbocycles. The first-order chi connectivity index (χ1) is 10.1. The highest BCUT2D eigenvalue weighted by Gasteiger charge is 2.08. The normalized spacial score (nSPS) is 11.6. The maximum absolute atomic E-state index is 10.6. The zero-order valence-corrected chi connectivity index (χ0v) is 11.6. The number of nitriles is 1. The molecular weight excluding hydrogens is 266 g/mol. The molecule has 0 heterocycles. The van der Waals surface area contributed by atoms with Gasteiger partial charge >= 0.3 is 0 Å².